The van der Waals surface area contributed by atoms with Gasteiger partial charge in [0.1, 0.15) is 11.5 Å². The van der Waals surface area contributed by atoms with Gasteiger partial charge in [0, 0.05) is 16.9 Å². The Morgan fingerprint density at radius 3 is 2.17 bits per heavy atom. The SMILES string of the molecule is CC(=O)c1ccc(NC(=O)c2cnc(Nc3ccccc3C(C)(C)C)cn2)cc1. The number of amides is 1. The van der Waals surface area contributed by atoms with Crippen LogP contribution in [0.5, 0.6) is 0 Å². The van der Waals surface area contributed by atoms with E-state index in [-0.39, 0.29) is 22.8 Å². The number of rotatable bonds is 5. The standard InChI is InChI=1S/C23H24N4O2/c1-15(28)16-9-11-17(12-10-16)26-22(29)20-13-25-21(14-24-20)27-19-8-6-5-7-18(19)23(2,3)4/h5-14H,1-4H3,(H,25,27)(H,26,29). The molecule has 1 amide bonds. The molecule has 3 aromatic rings. The summed E-state index contributed by atoms with van der Waals surface area (Å²) >= 11 is 0. The van der Waals surface area contributed by atoms with E-state index in [0.717, 1.165) is 11.3 Å². The molecule has 0 aliphatic carbocycles. The number of carbonyl (C=O) groups is 2. The van der Waals surface area contributed by atoms with Crippen LogP contribution >= 0.6 is 0 Å². The lowest BCUT2D eigenvalue weighted by atomic mass is 9.86. The number of anilines is 3. The minimum atomic E-state index is -0.366. The van der Waals surface area contributed by atoms with Crippen LogP contribution in [0, 0.1) is 0 Å². The quantitative estimate of drug-likeness (QED) is 0.603. The van der Waals surface area contributed by atoms with Crippen molar-refractivity contribution in [2.45, 2.75) is 33.1 Å². The summed E-state index contributed by atoms with van der Waals surface area (Å²) in [6, 6.07) is 14.7. The molecular formula is C23H24N4O2. The zero-order chi connectivity index (χ0) is 21.0. The van der Waals surface area contributed by atoms with Crippen molar-refractivity contribution < 1.29 is 9.59 Å². The van der Waals surface area contributed by atoms with Crippen LogP contribution in [-0.2, 0) is 5.41 Å². The third kappa shape index (κ3) is 5.04. The van der Waals surface area contributed by atoms with Gasteiger partial charge in [0.05, 0.1) is 12.4 Å². The Balaban J connectivity index is 1.70. The van der Waals surface area contributed by atoms with E-state index in [4.69, 9.17) is 0 Å². The minimum Gasteiger partial charge on any atom is -0.339 e. The van der Waals surface area contributed by atoms with Crippen LogP contribution in [-0.4, -0.2) is 21.7 Å². The van der Waals surface area contributed by atoms with E-state index in [1.165, 1.54) is 19.3 Å². The highest BCUT2D eigenvalue weighted by molar-refractivity contribution is 6.03. The van der Waals surface area contributed by atoms with Crippen LogP contribution in [0.15, 0.2) is 60.9 Å². The maximum atomic E-state index is 12.4. The van der Waals surface area contributed by atoms with Crippen molar-refractivity contribution in [1.29, 1.82) is 0 Å². The Bertz CT molecular complexity index is 1020. The molecule has 0 radical (unpaired) electrons. The van der Waals surface area contributed by atoms with E-state index >= 15 is 0 Å². The Morgan fingerprint density at radius 2 is 1.59 bits per heavy atom. The topological polar surface area (TPSA) is 84.0 Å². The number of Topliss-reactive ketones (excluding diaryl/α,β-unsaturated/α-hetero) is 1. The van der Waals surface area contributed by atoms with E-state index in [9.17, 15) is 9.59 Å². The first kappa shape index (κ1) is 20.2. The Hall–Kier alpha value is -3.54. The first-order chi connectivity index (χ1) is 13.7. The number of benzene rings is 2. The third-order valence-corrected chi connectivity index (χ3v) is 4.43. The van der Waals surface area contributed by atoms with E-state index in [1.807, 2.05) is 18.2 Å². The Morgan fingerprint density at radius 1 is 0.897 bits per heavy atom. The van der Waals surface area contributed by atoms with Gasteiger partial charge in [-0.2, -0.15) is 0 Å². The predicted octanol–water partition coefficient (Wildman–Crippen LogP) is 4.97. The van der Waals surface area contributed by atoms with Gasteiger partial charge in [-0.25, -0.2) is 9.97 Å². The molecule has 0 aliphatic heterocycles. The molecule has 29 heavy (non-hydrogen) atoms. The number of carbonyl (C=O) groups excluding carboxylic acids is 2. The first-order valence-electron chi connectivity index (χ1n) is 9.35. The highest BCUT2D eigenvalue weighted by Crippen LogP contribution is 2.30. The summed E-state index contributed by atoms with van der Waals surface area (Å²) in [6.45, 7) is 7.94. The number of ketones is 1. The fourth-order valence-corrected chi connectivity index (χ4v) is 2.88. The van der Waals surface area contributed by atoms with Crippen molar-refractivity contribution in [3.05, 3.63) is 77.7 Å². The summed E-state index contributed by atoms with van der Waals surface area (Å²) < 4.78 is 0. The van der Waals surface area contributed by atoms with Crippen LogP contribution < -0.4 is 10.6 Å². The number of hydrogen-bond donors (Lipinski definition) is 2. The van der Waals surface area contributed by atoms with Gasteiger partial charge in [-0.15, -0.1) is 0 Å². The van der Waals surface area contributed by atoms with Crippen molar-refractivity contribution in [2.75, 3.05) is 10.6 Å². The molecular weight excluding hydrogens is 364 g/mol. The van der Waals surface area contributed by atoms with Gasteiger partial charge in [-0.1, -0.05) is 39.0 Å². The summed E-state index contributed by atoms with van der Waals surface area (Å²) in [4.78, 5) is 32.3. The van der Waals surface area contributed by atoms with Crippen molar-refractivity contribution in [2.24, 2.45) is 0 Å². The van der Waals surface area contributed by atoms with E-state index in [2.05, 4.69) is 47.4 Å². The molecule has 1 aromatic heterocycles. The molecule has 2 aromatic carbocycles. The number of aromatic nitrogens is 2. The van der Waals surface area contributed by atoms with E-state index in [0.29, 0.717) is 17.1 Å². The average Bonchev–Trinajstić information content (AvgIpc) is 2.68. The monoisotopic (exact) mass is 388 g/mol. The third-order valence-electron chi connectivity index (χ3n) is 4.43. The van der Waals surface area contributed by atoms with E-state index in [1.54, 1.807) is 24.3 Å². The summed E-state index contributed by atoms with van der Waals surface area (Å²) in [5, 5.41) is 6.02. The Labute approximate surface area is 170 Å². The fraction of sp³-hybridized carbons (Fsp3) is 0.217. The second-order valence-electron chi connectivity index (χ2n) is 7.80. The number of nitrogens with zero attached hydrogens (tertiary/aromatic N) is 2. The Kier molecular flexibility index (Phi) is 5.73. The highest BCUT2D eigenvalue weighted by atomic mass is 16.2. The normalized spacial score (nSPS) is 11.0. The molecule has 1 heterocycles. The first-order valence-corrected chi connectivity index (χ1v) is 9.35. The second kappa shape index (κ2) is 8.22. The summed E-state index contributed by atoms with van der Waals surface area (Å²) in [5.41, 5.74) is 3.48. The molecule has 6 nitrogen and oxygen atoms in total. The zero-order valence-corrected chi connectivity index (χ0v) is 17.0. The number of para-hydroxylation sites is 1. The highest BCUT2D eigenvalue weighted by Gasteiger charge is 2.18. The lowest BCUT2D eigenvalue weighted by molar-refractivity contribution is 0.101. The zero-order valence-electron chi connectivity index (χ0n) is 17.0. The van der Waals surface area contributed by atoms with Gasteiger partial charge in [0.15, 0.2) is 5.78 Å². The minimum absolute atomic E-state index is 0.0191. The van der Waals surface area contributed by atoms with Crippen LogP contribution in [0.3, 0.4) is 0 Å². The van der Waals surface area contributed by atoms with Crippen LogP contribution in [0.1, 0.15) is 54.1 Å². The smallest absolute Gasteiger partial charge is 0.275 e. The van der Waals surface area contributed by atoms with Gasteiger partial charge in [-0.05, 0) is 48.2 Å². The van der Waals surface area contributed by atoms with Gasteiger partial charge in [0.2, 0.25) is 0 Å². The molecule has 0 bridgehead atoms. The molecule has 6 heteroatoms. The molecule has 0 saturated carbocycles. The lowest BCUT2D eigenvalue weighted by Gasteiger charge is -2.23. The van der Waals surface area contributed by atoms with E-state index < -0.39 is 0 Å². The maximum Gasteiger partial charge on any atom is 0.275 e. The number of hydrogen-bond acceptors (Lipinski definition) is 5. The molecule has 0 aliphatic rings. The van der Waals surface area contributed by atoms with Crippen LogP contribution in [0.2, 0.25) is 0 Å². The lowest BCUT2D eigenvalue weighted by Crippen LogP contribution is -2.15. The van der Waals surface area contributed by atoms with Crippen LogP contribution in [0.4, 0.5) is 17.2 Å². The van der Waals surface area contributed by atoms with Gasteiger partial charge < -0.3 is 10.6 Å². The van der Waals surface area contributed by atoms with Crippen molar-refractivity contribution in [3.8, 4) is 0 Å². The average molecular weight is 388 g/mol. The molecule has 0 fully saturated rings. The van der Waals surface area contributed by atoms with Gasteiger partial charge in [0.25, 0.3) is 5.91 Å². The largest absolute Gasteiger partial charge is 0.339 e. The summed E-state index contributed by atoms with van der Waals surface area (Å²) in [7, 11) is 0. The van der Waals surface area contributed by atoms with Gasteiger partial charge in [-0.3, -0.25) is 9.59 Å². The summed E-state index contributed by atoms with van der Waals surface area (Å²) in [5.74, 6) is 0.170. The molecule has 0 atom stereocenters. The molecule has 148 valence electrons. The maximum absolute atomic E-state index is 12.4. The predicted molar refractivity (Wildman–Crippen MR) is 115 cm³/mol. The molecule has 3 rings (SSSR count). The molecule has 2 N–H and O–H groups in total. The van der Waals surface area contributed by atoms with Crippen molar-refractivity contribution in [1.82, 2.24) is 9.97 Å². The number of nitrogens with one attached hydrogen (secondary N) is 2. The second-order valence-corrected chi connectivity index (χ2v) is 7.80. The fourth-order valence-electron chi connectivity index (χ4n) is 2.88. The van der Waals surface area contributed by atoms with Gasteiger partial charge >= 0.3 is 0 Å². The summed E-state index contributed by atoms with van der Waals surface area (Å²) in [6.07, 6.45) is 2.97. The van der Waals surface area contributed by atoms with Crippen molar-refractivity contribution >= 4 is 28.9 Å². The molecule has 0 saturated heterocycles. The van der Waals surface area contributed by atoms with Crippen LogP contribution in [0.25, 0.3) is 0 Å². The molecule has 0 unspecified atom stereocenters. The molecule has 0 spiro atoms. The van der Waals surface area contributed by atoms with Crippen molar-refractivity contribution in [3.63, 3.8) is 0 Å².